The van der Waals surface area contributed by atoms with Crippen LogP contribution < -0.4 is 5.32 Å². The number of thiophene rings is 1. The number of nitrogens with one attached hydrogen (secondary N) is 1. The van der Waals surface area contributed by atoms with E-state index in [0.29, 0.717) is 0 Å². The maximum absolute atomic E-state index is 4.43. The smallest absolute Gasteiger partial charge is 0.0607 e. The lowest BCUT2D eigenvalue weighted by Crippen LogP contribution is -2.01. The van der Waals surface area contributed by atoms with E-state index in [1.54, 1.807) is 11.3 Å². The van der Waals surface area contributed by atoms with E-state index in [-0.39, 0.29) is 0 Å². The van der Waals surface area contributed by atoms with E-state index in [2.05, 4.69) is 43.7 Å². The third-order valence-electron chi connectivity index (χ3n) is 2.36. The van der Waals surface area contributed by atoms with Gasteiger partial charge in [-0.2, -0.15) is 0 Å². The van der Waals surface area contributed by atoms with Crippen molar-refractivity contribution < 1.29 is 0 Å². The van der Waals surface area contributed by atoms with Crippen LogP contribution in [0.25, 0.3) is 0 Å². The SMILES string of the molecule is Cc1ccc(NCc2sccc2Br)c(C)n1. The number of aromatic nitrogens is 1. The molecule has 0 saturated heterocycles. The van der Waals surface area contributed by atoms with Gasteiger partial charge in [-0.3, -0.25) is 4.98 Å². The quantitative estimate of drug-likeness (QED) is 0.921. The first-order valence-corrected chi connectivity index (χ1v) is 6.74. The first-order valence-electron chi connectivity index (χ1n) is 5.07. The number of nitrogens with zero attached hydrogens (tertiary/aromatic N) is 1. The third kappa shape index (κ3) is 2.62. The lowest BCUT2D eigenvalue weighted by molar-refractivity contribution is 1.09. The Morgan fingerprint density at radius 2 is 2.12 bits per heavy atom. The standard InChI is InChI=1S/C12H13BrN2S/c1-8-3-4-11(9(2)15-8)14-7-12-10(13)5-6-16-12/h3-6,14H,7H2,1-2H3. The van der Waals surface area contributed by atoms with Gasteiger partial charge in [-0.05, 0) is 53.4 Å². The summed E-state index contributed by atoms with van der Waals surface area (Å²) in [4.78, 5) is 5.73. The summed E-state index contributed by atoms with van der Waals surface area (Å²) in [6, 6.07) is 6.18. The predicted octanol–water partition coefficient (Wildman–Crippen LogP) is 4.13. The number of pyridine rings is 1. The molecule has 0 amide bonds. The highest BCUT2D eigenvalue weighted by molar-refractivity contribution is 9.10. The van der Waals surface area contributed by atoms with Crippen LogP contribution in [-0.2, 0) is 6.54 Å². The van der Waals surface area contributed by atoms with E-state index in [0.717, 1.165) is 23.6 Å². The Balaban J connectivity index is 2.08. The van der Waals surface area contributed by atoms with Crippen LogP contribution >= 0.6 is 27.3 Å². The van der Waals surface area contributed by atoms with Crippen molar-refractivity contribution in [3.05, 3.63) is 44.3 Å². The highest BCUT2D eigenvalue weighted by atomic mass is 79.9. The van der Waals surface area contributed by atoms with Crippen LogP contribution in [0.3, 0.4) is 0 Å². The van der Waals surface area contributed by atoms with Crippen molar-refractivity contribution in [2.24, 2.45) is 0 Å². The van der Waals surface area contributed by atoms with Crippen molar-refractivity contribution in [2.75, 3.05) is 5.32 Å². The average Bonchev–Trinajstić information content (AvgIpc) is 2.63. The van der Waals surface area contributed by atoms with Crippen LogP contribution in [0.2, 0.25) is 0 Å². The molecule has 0 aliphatic rings. The minimum Gasteiger partial charge on any atom is -0.379 e. The van der Waals surface area contributed by atoms with Crippen LogP contribution in [0.15, 0.2) is 28.1 Å². The van der Waals surface area contributed by atoms with Crippen LogP contribution in [0.5, 0.6) is 0 Å². The fourth-order valence-electron chi connectivity index (χ4n) is 1.50. The summed E-state index contributed by atoms with van der Waals surface area (Å²) in [5.74, 6) is 0. The number of rotatable bonds is 3. The second-order valence-corrected chi connectivity index (χ2v) is 5.49. The largest absolute Gasteiger partial charge is 0.379 e. The Labute approximate surface area is 108 Å². The molecular weight excluding hydrogens is 284 g/mol. The molecule has 16 heavy (non-hydrogen) atoms. The molecule has 1 N–H and O–H groups in total. The molecule has 0 aliphatic heterocycles. The molecule has 0 radical (unpaired) electrons. The number of hydrogen-bond donors (Lipinski definition) is 1. The van der Waals surface area contributed by atoms with Gasteiger partial charge in [-0.25, -0.2) is 0 Å². The minimum absolute atomic E-state index is 0.837. The van der Waals surface area contributed by atoms with Gasteiger partial charge < -0.3 is 5.32 Å². The molecule has 2 aromatic rings. The van der Waals surface area contributed by atoms with Crippen molar-refractivity contribution in [3.63, 3.8) is 0 Å². The molecule has 0 aromatic carbocycles. The molecule has 4 heteroatoms. The summed E-state index contributed by atoms with van der Waals surface area (Å²) in [6.45, 7) is 4.87. The van der Waals surface area contributed by atoms with Gasteiger partial charge in [0.25, 0.3) is 0 Å². The first-order chi connectivity index (χ1) is 7.66. The van der Waals surface area contributed by atoms with Crippen molar-refractivity contribution in [2.45, 2.75) is 20.4 Å². The Bertz CT molecular complexity index is 494. The second kappa shape index (κ2) is 4.97. The van der Waals surface area contributed by atoms with Gasteiger partial charge in [0.1, 0.15) is 0 Å². The van der Waals surface area contributed by atoms with E-state index < -0.39 is 0 Å². The van der Waals surface area contributed by atoms with E-state index in [4.69, 9.17) is 0 Å². The predicted molar refractivity (Wildman–Crippen MR) is 73.1 cm³/mol. The summed E-state index contributed by atoms with van der Waals surface area (Å²) in [7, 11) is 0. The zero-order valence-corrected chi connectivity index (χ0v) is 11.7. The normalized spacial score (nSPS) is 10.4. The van der Waals surface area contributed by atoms with Gasteiger partial charge in [0.05, 0.1) is 17.9 Å². The highest BCUT2D eigenvalue weighted by Gasteiger charge is 2.03. The lowest BCUT2D eigenvalue weighted by atomic mass is 10.2. The molecule has 0 spiro atoms. The Kier molecular flexibility index (Phi) is 3.61. The molecule has 2 aromatic heterocycles. The molecule has 0 unspecified atom stereocenters. The molecule has 2 rings (SSSR count). The molecule has 2 heterocycles. The van der Waals surface area contributed by atoms with E-state index in [1.807, 2.05) is 19.9 Å². The number of anilines is 1. The average molecular weight is 297 g/mol. The van der Waals surface area contributed by atoms with Crippen molar-refractivity contribution in [3.8, 4) is 0 Å². The molecule has 2 nitrogen and oxygen atoms in total. The topological polar surface area (TPSA) is 24.9 Å². The van der Waals surface area contributed by atoms with Crippen LogP contribution in [0, 0.1) is 13.8 Å². The van der Waals surface area contributed by atoms with Crippen LogP contribution in [0.1, 0.15) is 16.3 Å². The number of halogens is 1. The Hall–Kier alpha value is -0.870. The number of aryl methyl sites for hydroxylation is 2. The van der Waals surface area contributed by atoms with Crippen molar-refractivity contribution in [1.29, 1.82) is 0 Å². The summed E-state index contributed by atoms with van der Waals surface area (Å²) >= 11 is 5.27. The maximum Gasteiger partial charge on any atom is 0.0607 e. The molecule has 0 bridgehead atoms. The molecule has 0 saturated carbocycles. The molecule has 0 aliphatic carbocycles. The van der Waals surface area contributed by atoms with E-state index >= 15 is 0 Å². The van der Waals surface area contributed by atoms with E-state index in [9.17, 15) is 0 Å². The highest BCUT2D eigenvalue weighted by Crippen LogP contribution is 2.24. The fourth-order valence-corrected chi connectivity index (χ4v) is 2.93. The van der Waals surface area contributed by atoms with E-state index in [1.165, 1.54) is 9.35 Å². The zero-order chi connectivity index (χ0) is 11.5. The van der Waals surface area contributed by atoms with Crippen molar-refractivity contribution in [1.82, 2.24) is 4.98 Å². The third-order valence-corrected chi connectivity index (χ3v) is 4.28. The molecule has 84 valence electrons. The van der Waals surface area contributed by atoms with Gasteiger partial charge in [0.15, 0.2) is 0 Å². The van der Waals surface area contributed by atoms with Gasteiger partial charge in [0, 0.05) is 15.0 Å². The molecule has 0 fully saturated rings. The lowest BCUT2D eigenvalue weighted by Gasteiger charge is -2.08. The van der Waals surface area contributed by atoms with Gasteiger partial charge >= 0.3 is 0 Å². The Morgan fingerprint density at radius 1 is 1.31 bits per heavy atom. The summed E-state index contributed by atoms with van der Waals surface area (Å²) < 4.78 is 1.17. The van der Waals surface area contributed by atoms with Crippen molar-refractivity contribution >= 4 is 33.0 Å². The fraction of sp³-hybridized carbons (Fsp3) is 0.250. The monoisotopic (exact) mass is 296 g/mol. The van der Waals surface area contributed by atoms with Gasteiger partial charge in [-0.15, -0.1) is 11.3 Å². The van der Waals surface area contributed by atoms with Gasteiger partial charge in [-0.1, -0.05) is 0 Å². The second-order valence-electron chi connectivity index (χ2n) is 3.63. The van der Waals surface area contributed by atoms with Crippen LogP contribution in [-0.4, -0.2) is 4.98 Å². The van der Waals surface area contributed by atoms with Gasteiger partial charge in [0.2, 0.25) is 0 Å². The molecular formula is C12H13BrN2S. The Morgan fingerprint density at radius 3 is 2.75 bits per heavy atom. The summed E-state index contributed by atoms with van der Waals surface area (Å²) in [5, 5.41) is 5.49. The zero-order valence-electron chi connectivity index (χ0n) is 9.25. The summed E-state index contributed by atoms with van der Waals surface area (Å²) in [6.07, 6.45) is 0. The summed E-state index contributed by atoms with van der Waals surface area (Å²) in [5.41, 5.74) is 3.21. The minimum atomic E-state index is 0.837. The molecule has 0 atom stereocenters. The number of hydrogen-bond acceptors (Lipinski definition) is 3. The maximum atomic E-state index is 4.43. The van der Waals surface area contributed by atoms with Crippen LogP contribution in [0.4, 0.5) is 5.69 Å². The first kappa shape index (κ1) is 11.6.